The molecule has 0 unspecified atom stereocenters. The fraction of sp³-hybridized carbons (Fsp3) is 1.00. The maximum atomic E-state index is 10.3. The van der Waals surface area contributed by atoms with Crippen LogP contribution < -0.4 is 19.6 Å². The Bertz CT molecular complexity index is 232. The molecule has 0 radical (unpaired) electrons. The van der Waals surface area contributed by atoms with Gasteiger partial charge in [0.25, 0.3) is 0 Å². The van der Waals surface area contributed by atoms with E-state index < -0.39 is 34.4 Å². The molecule has 0 heterocycles. The number of hydrogen-bond acceptors (Lipinski definition) is 8. The van der Waals surface area contributed by atoms with Crippen LogP contribution in [0.15, 0.2) is 0 Å². The number of nitrogens with zero attached hydrogens (tertiary/aromatic N) is 1. The van der Waals surface area contributed by atoms with Crippen molar-refractivity contribution in [2.75, 3.05) is 25.7 Å². The molecule has 0 spiro atoms. The van der Waals surface area contributed by atoms with Crippen molar-refractivity contribution >= 4 is 15.2 Å². The topological polar surface area (TPSA) is 150 Å². The fourth-order valence-electron chi connectivity index (χ4n) is 0.817. The molecule has 0 aliphatic carbocycles. The van der Waals surface area contributed by atoms with Gasteiger partial charge in [0.2, 0.25) is 0 Å². The van der Waals surface area contributed by atoms with Crippen LogP contribution in [-0.2, 0) is 9.13 Å². The van der Waals surface area contributed by atoms with Crippen molar-refractivity contribution in [3.8, 4) is 0 Å². The lowest BCUT2D eigenvalue weighted by Gasteiger charge is -2.40. The summed E-state index contributed by atoms with van der Waals surface area (Å²) in [6.45, 7) is -0.900. The smallest absolute Gasteiger partial charge is 0.0558 e. The molecule has 0 rings (SSSR count). The van der Waals surface area contributed by atoms with Crippen molar-refractivity contribution in [1.82, 2.24) is 4.90 Å². The fourth-order valence-corrected chi connectivity index (χ4v) is 2.44. The highest BCUT2D eigenvalue weighted by Crippen LogP contribution is 2.30. The van der Waals surface area contributed by atoms with Gasteiger partial charge in [0.15, 0.2) is 0 Å². The first kappa shape index (κ1) is 14.2. The largest absolute Gasteiger partial charge is 0.810 e. The van der Waals surface area contributed by atoms with Crippen LogP contribution in [0.5, 0.6) is 0 Å². The van der Waals surface area contributed by atoms with Gasteiger partial charge >= 0.3 is 0 Å². The summed E-state index contributed by atoms with van der Waals surface area (Å²) >= 11 is 0. The lowest BCUT2D eigenvalue weighted by atomic mass is 10.6. The van der Waals surface area contributed by atoms with Gasteiger partial charge in [-0.15, -0.1) is 0 Å². The Kier molecular flexibility index (Phi) is 5.43. The van der Waals surface area contributed by atoms with E-state index in [4.69, 9.17) is 5.11 Å². The summed E-state index contributed by atoms with van der Waals surface area (Å²) in [5.41, 5.74) is 0. The van der Waals surface area contributed by atoms with Crippen LogP contribution in [0.1, 0.15) is 0 Å². The zero-order valence-electron chi connectivity index (χ0n) is 7.07. The second-order valence-electron chi connectivity index (χ2n) is 2.62. The van der Waals surface area contributed by atoms with Crippen LogP contribution in [0.25, 0.3) is 0 Å². The van der Waals surface area contributed by atoms with Gasteiger partial charge in [-0.25, -0.2) is 0 Å². The van der Waals surface area contributed by atoms with Crippen LogP contribution in [0, 0.1) is 0 Å². The van der Waals surface area contributed by atoms with Crippen LogP contribution in [0.3, 0.4) is 0 Å². The van der Waals surface area contributed by atoms with Crippen LogP contribution >= 0.6 is 15.2 Å². The number of aliphatic hydroxyl groups excluding tert-OH is 1. The summed E-state index contributed by atoms with van der Waals surface area (Å²) in [4.78, 5) is 41.6. The molecule has 0 amide bonds. The lowest BCUT2D eigenvalue weighted by molar-refractivity contribution is -0.318. The van der Waals surface area contributed by atoms with Gasteiger partial charge in [-0.3, -0.25) is 4.90 Å². The minimum Gasteiger partial charge on any atom is -0.810 e. The molecule has 0 aliphatic heterocycles. The highest BCUT2D eigenvalue weighted by atomic mass is 31.2. The third-order valence-corrected chi connectivity index (χ3v) is 2.66. The standard InChI is InChI=1S/C4H13NO7P2/c6-2-1-5(3-13(7,8)9)4-14(10,11)12/h6H,1-4H2,(H2,7,8,9)(H2,10,11,12)/p-4. The maximum Gasteiger partial charge on any atom is 0.0558 e. The summed E-state index contributed by atoms with van der Waals surface area (Å²) in [7, 11) is -9.84. The predicted octanol–water partition coefficient (Wildman–Crippen LogP) is -3.98. The minimum atomic E-state index is -4.92. The van der Waals surface area contributed by atoms with Gasteiger partial charge in [0, 0.05) is 19.1 Å². The van der Waals surface area contributed by atoms with E-state index in [0.717, 1.165) is 0 Å². The summed E-state index contributed by atoms with van der Waals surface area (Å²) in [6.07, 6.45) is -2.16. The second-order valence-corrected chi connectivity index (χ2v) is 5.63. The molecule has 0 aromatic heterocycles. The summed E-state index contributed by atoms with van der Waals surface area (Å²) in [5, 5.41) is 8.40. The first-order valence-electron chi connectivity index (χ1n) is 3.49. The maximum absolute atomic E-state index is 10.3. The Hall–Kier alpha value is 0.220. The van der Waals surface area contributed by atoms with E-state index in [0.29, 0.717) is 4.90 Å². The average Bonchev–Trinajstić information content (AvgIpc) is 1.78. The van der Waals surface area contributed by atoms with Gasteiger partial charge in [0.05, 0.1) is 6.61 Å². The highest BCUT2D eigenvalue weighted by molar-refractivity contribution is 7.49. The van der Waals surface area contributed by atoms with E-state index in [9.17, 15) is 28.7 Å². The molecule has 0 fully saturated rings. The quantitative estimate of drug-likeness (QED) is 0.465. The van der Waals surface area contributed by atoms with E-state index in [1.54, 1.807) is 0 Å². The normalized spacial score (nSPS) is 13.6. The summed E-state index contributed by atoms with van der Waals surface area (Å²) in [6, 6.07) is 0. The molecular weight excluding hydrogens is 236 g/mol. The van der Waals surface area contributed by atoms with Crippen LogP contribution in [-0.4, -0.2) is 35.7 Å². The van der Waals surface area contributed by atoms with Gasteiger partial charge in [0.1, 0.15) is 0 Å². The van der Waals surface area contributed by atoms with E-state index in [1.807, 2.05) is 0 Å². The third kappa shape index (κ3) is 8.80. The molecule has 0 saturated heterocycles. The van der Waals surface area contributed by atoms with Crippen molar-refractivity contribution in [1.29, 1.82) is 0 Å². The molecular formula is C4H9NO7P2-4. The Labute approximate surface area is 80.5 Å². The van der Waals surface area contributed by atoms with Crippen molar-refractivity contribution in [3.63, 3.8) is 0 Å². The average molecular weight is 245 g/mol. The van der Waals surface area contributed by atoms with Gasteiger partial charge < -0.3 is 33.8 Å². The summed E-state index contributed by atoms with van der Waals surface area (Å²) in [5.74, 6) is 0. The number of rotatable bonds is 6. The van der Waals surface area contributed by atoms with Crippen LogP contribution in [0.4, 0.5) is 0 Å². The Morgan fingerprint density at radius 1 is 1.00 bits per heavy atom. The van der Waals surface area contributed by atoms with E-state index >= 15 is 0 Å². The van der Waals surface area contributed by atoms with Crippen molar-refractivity contribution < 1.29 is 33.8 Å². The SMILES string of the molecule is O=P([O-])([O-])CN(CCO)CP(=O)([O-])[O-]. The lowest BCUT2D eigenvalue weighted by Crippen LogP contribution is -2.37. The second kappa shape index (κ2) is 5.34. The zero-order chi connectivity index (χ0) is 11.4. The van der Waals surface area contributed by atoms with Gasteiger partial charge in [-0.2, -0.15) is 0 Å². The molecule has 10 heteroatoms. The Morgan fingerprint density at radius 3 is 1.57 bits per heavy atom. The van der Waals surface area contributed by atoms with Crippen LogP contribution in [0.2, 0.25) is 0 Å². The number of hydrogen-bond donors (Lipinski definition) is 1. The zero-order valence-corrected chi connectivity index (χ0v) is 8.86. The highest BCUT2D eigenvalue weighted by Gasteiger charge is 2.07. The minimum absolute atomic E-state index is 0.358. The van der Waals surface area contributed by atoms with Crippen molar-refractivity contribution in [2.24, 2.45) is 0 Å². The molecule has 1 N–H and O–H groups in total. The molecule has 0 aromatic rings. The monoisotopic (exact) mass is 245 g/mol. The molecule has 0 aliphatic rings. The first-order chi connectivity index (χ1) is 6.14. The van der Waals surface area contributed by atoms with Crippen molar-refractivity contribution in [2.45, 2.75) is 0 Å². The molecule has 0 atom stereocenters. The van der Waals surface area contributed by atoms with E-state index in [1.165, 1.54) is 0 Å². The molecule has 0 aromatic carbocycles. The Morgan fingerprint density at radius 2 is 1.36 bits per heavy atom. The number of aliphatic hydroxyl groups is 1. The molecule has 8 nitrogen and oxygen atoms in total. The molecule has 86 valence electrons. The van der Waals surface area contributed by atoms with Crippen molar-refractivity contribution in [3.05, 3.63) is 0 Å². The molecule has 0 bridgehead atoms. The van der Waals surface area contributed by atoms with E-state index in [2.05, 4.69) is 0 Å². The first-order valence-corrected chi connectivity index (χ1v) is 6.95. The Balaban J connectivity index is 4.31. The van der Waals surface area contributed by atoms with Gasteiger partial charge in [-0.05, 0) is 0 Å². The van der Waals surface area contributed by atoms with E-state index in [-0.39, 0.29) is 6.54 Å². The van der Waals surface area contributed by atoms with Gasteiger partial charge in [-0.1, -0.05) is 15.2 Å². The summed E-state index contributed by atoms with van der Waals surface area (Å²) < 4.78 is 20.5. The molecule has 14 heavy (non-hydrogen) atoms. The third-order valence-electron chi connectivity index (χ3n) is 1.16. The molecule has 0 saturated carbocycles. The predicted molar refractivity (Wildman–Crippen MR) is 38.7 cm³/mol.